The summed E-state index contributed by atoms with van der Waals surface area (Å²) in [5, 5.41) is 9.61. The van der Waals surface area contributed by atoms with Crippen LogP contribution in [0.1, 0.15) is 6.42 Å². The lowest BCUT2D eigenvalue weighted by molar-refractivity contribution is -0.234. The third-order valence-electron chi connectivity index (χ3n) is 3.08. The topological polar surface area (TPSA) is 38.7 Å². The van der Waals surface area contributed by atoms with Crippen LogP contribution in [0.15, 0.2) is 12.2 Å². The maximum atomic E-state index is 9.61. The molecule has 0 saturated heterocycles. The van der Waals surface area contributed by atoms with Gasteiger partial charge in [0.05, 0.1) is 12.0 Å². The van der Waals surface area contributed by atoms with E-state index in [0.717, 1.165) is 6.42 Å². The zero-order valence-corrected chi connectivity index (χ0v) is 7.36. The lowest BCUT2D eigenvalue weighted by Crippen LogP contribution is -2.41. The molecule has 68 valence electrons. The highest BCUT2D eigenvalue weighted by atomic mass is 16.7. The van der Waals surface area contributed by atoms with E-state index in [-0.39, 0.29) is 17.9 Å². The van der Waals surface area contributed by atoms with Crippen LogP contribution in [0.25, 0.3) is 0 Å². The van der Waals surface area contributed by atoms with Crippen molar-refractivity contribution in [3.05, 3.63) is 12.2 Å². The van der Waals surface area contributed by atoms with Crippen LogP contribution in [0.5, 0.6) is 0 Å². The molecule has 0 aromatic rings. The molecule has 3 heteroatoms. The molecule has 3 nitrogen and oxygen atoms in total. The van der Waals surface area contributed by atoms with Gasteiger partial charge in [0.1, 0.15) is 0 Å². The number of ether oxygens (including phenoxy) is 2. The van der Waals surface area contributed by atoms with Crippen LogP contribution in [0, 0.1) is 11.8 Å². The predicted octanol–water partition coefficient (Wildman–Crippen LogP) is 0.542. The number of fused-ring (bicyclic) bond motifs is 2. The number of aliphatic hydroxyl groups is 1. The van der Waals surface area contributed by atoms with Crippen LogP contribution >= 0.6 is 0 Å². The Morgan fingerprint density at radius 3 is 2.25 bits per heavy atom. The number of rotatable bonds is 2. The molecule has 12 heavy (non-hydrogen) atoms. The Labute approximate surface area is 72.0 Å². The van der Waals surface area contributed by atoms with Crippen molar-refractivity contribution in [2.24, 2.45) is 11.8 Å². The second kappa shape index (κ2) is 2.55. The van der Waals surface area contributed by atoms with Gasteiger partial charge in [-0.1, -0.05) is 12.2 Å². The lowest BCUT2D eigenvalue weighted by Gasteiger charge is -2.31. The Kier molecular flexibility index (Phi) is 1.75. The minimum atomic E-state index is -0.584. The molecule has 2 aliphatic carbocycles. The monoisotopic (exact) mass is 170 g/mol. The first-order valence-corrected chi connectivity index (χ1v) is 4.21. The highest BCUT2D eigenvalue weighted by Crippen LogP contribution is 2.49. The number of hydrogen-bond acceptors (Lipinski definition) is 3. The minimum Gasteiger partial charge on any atom is -0.392 e. The number of aliphatic hydroxyl groups excluding tert-OH is 1. The maximum Gasteiger partial charge on any atom is 0.182 e. The van der Waals surface area contributed by atoms with Crippen molar-refractivity contribution in [1.82, 2.24) is 0 Å². The molecule has 0 unspecified atom stereocenters. The van der Waals surface area contributed by atoms with E-state index in [9.17, 15) is 5.11 Å². The van der Waals surface area contributed by atoms with Gasteiger partial charge in [-0.2, -0.15) is 0 Å². The van der Waals surface area contributed by atoms with Crippen LogP contribution in [0.3, 0.4) is 0 Å². The average molecular weight is 170 g/mol. The molecule has 0 heterocycles. The molecule has 0 spiro atoms. The Morgan fingerprint density at radius 2 is 2.00 bits per heavy atom. The summed E-state index contributed by atoms with van der Waals surface area (Å²) in [5.41, 5.74) is 0. The van der Waals surface area contributed by atoms with Gasteiger partial charge >= 0.3 is 0 Å². The normalized spacial score (nSPS) is 42.4. The van der Waals surface area contributed by atoms with E-state index in [2.05, 4.69) is 6.08 Å². The second-order valence-electron chi connectivity index (χ2n) is 3.45. The molecular formula is C9H14O3. The molecule has 2 rings (SSSR count). The van der Waals surface area contributed by atoms with E-state index in [1.165, 1.54) is 0 Å². The summed E-state index contributed by atoms with van der Waals surface area (Å²) in [4.78, 5) is 0. The highest BCUT2D eigenvalue weighted by molar-refractivity contribution is 5.20. The van der Waals surface area contributed by atoms with Crippen LogP contribution in [0.2, 0.25) is 0 Å². The minimum absolute atomic E-state index is 0.0116. The molecule has 0 aliphatic heterocycles. The van der Waals surface area contributed by atoms with E-state index in [0.29, 0.717) is 0 Å². The Morgan fingerprint density at radius 1 is 1.33 bits per heavy atom. The van der Waals surface area contributed by atoms with Crippen molar-refractivity contribution in [1.29, 1.82) is 0 Å². The molecule has 0 aromatic heterocycles. The summed E-state index contributed by atoms with van der Waals surface area (Å²) in [7, 11) is 3.27. The van der Waals surface area contributed by atoms with Gasteiger partial charge in [0.2, 0.25) is 0 Å². The van der Waals surface area contributed by atoms with Crippen molar-refractivity contribution >= 4 is 0 Å². The summed E-state index contributed by atoms with van der Waals surface area (Å²) in [6.45, 7) is 0. The van der Waals surface area contributed by atoms with Crippen molar-refractivity contribution in [3.8, 4) is 0 Å². The zero-order chi connectivity index (χ0) is 8.77. The van der Waals surface area contributed by atoms with Crippen molar-refractivity contribution in [2.75, 3.05) is 14.2 Å². The Balaban J connectivity index is 2.30. The molecule has 1 N–H and O–H groups in total. The van der Waals surface area contributed by atoms with Gasteiger partial charge < -0.3 is 14.6 Å². The fourth-order valence-electron chi connectivity index (χ4n) is 2.47. The van der Waals surface area contributed by atoms with E-state index in [1.807, 2.05) is 6.08 Å². The van der Waals surface area contributed by atoms with Crippen molar-refractivity contribution in [3.63, 3.8) is 0 Å². The maximum absolute atomic E-state index is 9.61. The fourth-order valence-corrected chi connectivity index (χ4v) is 2.47. The smallest absolute Gasteiger partial charge is 0.182 e. The molecular weight excluding hydrogens is 156 g/mol. The Hall–Kier alpha value is -0.380. The summed E-state index contributed by atoms with van der Waals surface area (Å²) >= 11 is 0. The van der Waals surface area contributed by atoms with E-state index in [4.69, 9.17) is 9.47 Å². The molecule has 1 fully saturated rings. The molecule has 1 saturated carbocycles. The molecule has 2 bridgehead atoms. The van der Waals surface area contributed by atoms with Gasteiger partial charge in [0.25, 0.3) is 0 Å². The quantitative estimate of drug-likeness (QED) is 0.485. The van der Waals surface area contributed by atoms with Crippen LogP contribution < -0.4 is 0 Å². The van der Waals surface area contributed by atoms with Gasteiger partial charge in [-0.3, -0.25) is 0 Å². The van der Waals surface area contributed by atoms with E-state index in [1.54, 1.807) is 14.2 Å². The van der Waals surface area contributed by atoms with Gasteiger partial charge in [0, 0.05) is 20.1 Å². The average Bonchev–Trinajstić information content (AvgIpc) is 2.56. The SMILES string of the molecule is COC1(OC)[C@@H]2C=C[C@H]1C[C@H]2O. The van der Waals surface area contributed by atoms with Crippen LogP contribution in [0.4, 0.5) is 0 Å². The summed E-state index contributed by atoms with van der Waals surface area (Å²) in [5.74, 6) is -0.357. The second-order valence-corrected chi connectivity index (χ2v) is 3.45. The van der Waals surface area contributed by atoms with Crippen LogP contribution in [-0.4, -0.2) is 31.2 Å². The van der Waals surface area contributed by atoms with Crippen molar-refractivity contribution in [2.45, 2.75) is 18.3 Å². The first-order chi connectivity index (χ1) is 5.74. The van der Waals surface area contributed by atoms with E-state index < -0.39 is 5.79 Å². The van der Waals surface area contributed by atoms with Crippen molar-refractivity contribution < 1.29 is 14.6 Å². The standard InChI is InChI=1S/C9H14O3/c1-11-9(12-2)6-3-4-7(9)8(10)5-6/h3-4,6-8,10H,5H2,1-2H3/t6-,7+,8+/m0/s1. The molecule has 0 amide bonds. The van der Waals surface area contributed by atoms with Gasteiger partial charge in [-0.05, 0) is 6.42 Å². The molecule has 3 atom stereocenters. The van der Waals surface area contributed by atoms with Gasteiger partial charge in [0.15, 0.2) is 5.79 Å². The summed E-state index contributed by atoms with van der Waals surface area (Å²) in [6.07, 6.45) is 4.51. The fraction of sp³-hybridized carbons (Fsp3) is 0.778. The molecule has 2 aliphatic rings. The summed E-state index contributed by atoms with van der Waals surface area (Å²) < 4.78 is 10.7. The van der Waals surface area contributed by atoms with Gasteiger partial charge in [-0.25, -0.2) is 0 Å². The zero-order valence-electron chi connectivity index (χ0n) is 7.36. The molecule has 0 radical (unpaired) electrons. The van der Waals surface area contributed by atoms with Crippen LogP contribution in [-0.2, 0) is 9.47 Å². The third kappa shape index (κ3) is 0.762. The van der Waals surface area contributed by atoms with E-state index >= 15 is 0 Å². The predicted molar refractivity (Wildman–Crippen MR) is 43.5 cm³/mol. The lowest BCUT2D eigenvalue weighted by atomic mass is 10.0. The third-order valence-corrected chi connectivity index (χ3v) is 3.08. The number of methoxy groups -OCH3 is 2. The molecule has 0 aromatic carbocycles. The number of hydrogen-bond donors (Lipinski definition) is 1. The van der Waals surface area contributed by atoms with Gasteiger partial charge in [-0.15, -0.1) is 0 Å². The summed E-state index contributed by atoms with van der Waals surface area (Å²) in [6, 6.07) is 0. The highest BCUT2D eigenvalue weighted by Gasteiger charge is 2.57. The first kappa shape index (κ1) is 8.23. The Bertz CT molecular complexity index is 208. The largest absolute Gasteiger partial charge is 0.392 e. The first-order valence-electron chi connectivity index (χ1n) is 4.21.